The third kappa shape index (κ3) is 3.41. The molecule has 150 valence electrons. The van der Waals surface area contributed by atoms with E-state index in [1.807, 2.05) is 36.4 Å². The highest BCUT2D eigenvalue weighted by Crippen LogP contribution is 2.47. The summed E-state index contributed by atoms with van der Waals surface area (Å²) in [5.74, 6) is 2.01. The van der Waals surface area contributed by atoms with E-state index in [0.29, 0.717) is 23.0 Å². The average Bonchev–Trinajstić information content (AvgIpc) is 2.75. The summed E-state index contributed by atoms with van der Waals surface area (Å²) in [5.41, 5.74) is 3.62. The summed E-state index contributed by atoms with van der Waals surface area (Å²) in [6.07, 6.45) is 1.91. The van der Waals surface area contributed by atoms with Gasteiger partial charge in [0.25, 0.3) is 0 Å². The van der Waals surface area contributed by atoms with E-state index in [-0.39, 0.29) is 25.0 Å². The molecule has 0 amide bonds. The second-order valence-corrected chi connectivity index (χ2v) is 6.59. The molecule has 0 heterocycles. The summed E-state index contributed by atoms with van der Waals surface area (Å²) in [5, 5.41) is 20.1. The first-order valence-electron chi connectivity index (χ1n) is 9.01. The molecule has 0 radical (unpaired) electrons. The second-order valence-electron chi connectivity index (χ2n) is 6.59. The fraction of sp³-hybridized carbons (Fsp3) is 0.364. The molecule has 0 aromatic heterocycles. The summed E-state index contributed by atoms with van der Waals surface area (Å²) >= 11 is 0. The van der Waals surface area contributed by atoms with Gasteiger partial charge in [-0.3, -0.25) is 0 Å². The standard InChI is InChI=1S/C22H26O6/c1-25-18-6-5-13(8-19(18)26-2)22-16-10-21(28-4)20(27-3)9-14(16)7-15(11-23)17(22)12-24/h5-10,17,22-24H,11-12H2,1-4H3/t17-,22-/m0/s1. The monoisotopic (exact) mass is 386 g/mol. The Morgan fingerprint density at radius 2 is 1.39 bits per heavy atom. The second kappa shape index (κ2) is 8.54. The Morgan fingerprint density at radius 3 is 1.96 bits per heavy atom. The molecule has 6 heteroatoms. The number of benzene rings is 2. The van der Waals surface area contributed by atoms with E-state index in [0.717, 1.165) is 22.3 Å². The Morgan fingerprint density at radius 1 is 0.786 bits per heavy atom. The number of fused-ring (bicyclic) bond motifs is 1. The van der Waals surface area contributed by atoms with Crippen molar-refractivity contribution in [2.45, 2.75) is 5.92 Å². The topological polar surface area (TPSA) is 77.4 Å². The van der Waals surface area contributed by atoms with E-state index in [1.54, 1.807) is 28.4 Å². The molecule has 1 aliphatic rings. The first kappa shape index (κ1) is 20.0. The third-order valence-corrected chi connectivity index (χ3v) is 5.29. The minimum absolute atomic E-state index is 0.0980. The van der Waals surface area contributed by atoms with E-state index in [1.165, 1.54) is 0 Å². The summed E-state index contributed by atoms with van der Waals surface area (Å²) in [7, 11) is 6.36. The van der Waals surface area contributed by atoms with Crippen LogP contribution in [0.4, 0.5) is 0 Å². The van der Waals surface area contributed by atoms with Gasteiger partial charge in [0.05, 0.1) is 41.7 Å². The maximum absolute atomic E-state index is 10.1. The van der Waals surface area contributed by atoms with Gasteiger partial charge in [0.1, 0.15) is 0 Å². The molecule has 2 aromatic carbocycles. The predicted molar refractivity (Wildman–Crippen MR) is 107 cm³/mol. The Hall–Kier alpha value is -2.70. The van der Waals surface area contributed by atoms with Crippen LogP contribution in [0.2, 0.25) is 0 Å². The lowest BCUT2D eigenvalue weighted by Crippen LogP contribution is -2.26. The molecular weight excluding hydrogens is 360 g/mol. The molecule has 2 N–H and O–H groups in total. The van der Waals surface area contributed by atoms with Crippen molar-refractivity contribution < 1.29 is 29.2 Å². The Balaban J connectivity index is 2.23. The van der Waals surface area contributed by atoms with Crippen molar-refractivity contribution in [3.05, 3.63) is 52.6 Å². The van der Waals surface area contributed by atoms with Crippen LogP contribution in [-0.4, -0.2) is 51.9 Å². The van der Waals surface area contributed by atoms with Gasteiger partial charge in [-0.05, 0) is 46.5 Å². The number of rotatable bonds is 7. The number of ether oxygens (including phenoxy) is 4. The molecule has 0 saturated heterocycles. The molecule has 3 rings (SSSR count). The SMILES string of the molecule is COc1ccc([C@H]2c3cc(OC)c(OC)cc3C=C(CO)[C@@H]2CO)cc1OC. The van der Waals surface area contributed by atoms with Crippen molar-refractivity contribution in [1.82, 2.24) is 0 Å². The number of aliphatic hydroxyl groups is 2. The van der Waals surface area contributed by atoms with Crippen LogP contribution in [0.25, 0.3) is 6.08 Å². The quantitative estimate of drug-likeness (QED) is 0.762. The van der Waals surface area contributed by atoms with Gasteiger partial charge in [-0.15, -0.1) is 0 Å². The van der Waals surface area contributed by atoms with Crippen molar-refractivity contribution in [3.8, 4) is 23.0 Å². The van der Waals surface area contributed by atoms with Crippen molar-refractivity contribution in [2.75, 3.05) is 41.7 Å². The lowest BCUT2D eigenvalue weighted by atomic mass is 9.72. The van der Waals surface area contributed by atoms with Gasteiger partial charge in [-0.2, -0.15) is 0 Å². The van der Waals surface area contributed by atoms with E-state index >= 15 is 0 Å². The van der Waals surface area contributed by atoms with Gasteiger partial charge < -0.3 is 29.2 Å². The molecule has 2 atom stereocenters. The van der Waals surface area contributed by atoms with Crippen molar-refractivity contribution in [3.63, 3.8) is 0 Å². The van der Waals surface area contributed by atoms with E-state index in [2.05, 4.69) is 0 Å². The molecule has 6 nitrogen and oxygen atoms in total. The molecule has 28 heavy (non-hydrogen) atoms. The Labute approximate surface area is 164 Å². The van der Waals surface area contributed by atoms with Crippen LogP contribution in [0.1, 0.15) is 22.6 Å². The molecular formula is C22H26O6. The predicted octanol–water partition coefficient (Wildman–Crippen LogP) is 2.85. The van der Waals surface area contributed by atoms with Crippen LogP contribution in [-0.2, 0) is 0 Å². The molecule has 1 aliphatic carbocycles. The van der Waals surface area contributed by atoms with E-state index < -0.39 is 0 Å². The van der Waals surface area contributed by atoms with Gasteiger partial charge in [0.15, 0.2) is 23.0 Å². The zero-order chi connectivity index (χ0) is 20.3. The lowest BCUT2D eigenvalue weighted by molar-refractivity contribution is 0.215. The number of aliphatic hydroxyl groups excluding tert-OH is 2. The first-order chi connectivity index (χ1) is 13.6. The molecule has 0 unspecified atom stereocenters. The average molecular weight is 386 g/mol. The maximum Gasteiger partial charge on any atom is 0.161 e. The Bertz CT molecular complexity index is 874. The largest absolute Gasteiger partial charge is 0.493 e. The number of hydrogen-bond acceptors (Lipinski definition) is 6. The van der Waals surface area contributed by atoms with Gasteiger partial charge in [0, 0.05) is 11.8 Å². The van der Waals surface area contributed by atoms with Crippen molar-refractivity contribution >= 4 is 6.08 Å². The molecule has 2 aromatic rings. The summed E-state index contributed by atoms with van der Waals surface area (Å²) in [4.78, 5) is 0. The summed E-state index contributed by atoms with van der Waals surface area (Å²) < 4.78 is 21.7. The van der Waals surface area contributed by atoms with Crippen LogP contribution >= 0.6 is 0 Å². The minimum atomic E-state index is -0.270. The fourth-order valence-corrected chi connectivity index (χ4v) is 3.89. The molecule has 0 saturated carbocycles. The third-order valence-electron chi connectivity index (χ3n) is 5.29. The molecule has 0 fully saturated rings. The molecule has 0 aliphatic heterocycles. The highest BCUT2D eigenvalue weighted by Gasteiger charge is 2.34. The first-order valence-corrected chi connectivity index (χ1v) is 9.01. The van der Waals surface area contributed by atoms with Crippen LogP contribution in [0, 0.1) is 5.92 Å². The summed E-state index contributed by atoms with van der Waals surface area (Å²) in [6, 6.07) is 9.54. The minimum Gasteiger partial charge on any atom is -0.493 e. The maximum atomic E-state index is 10.1. The van der Waals surface area contributed by atoms with Crippen LogP contribution < -0.4 is 18.9 Å². The van der Waals surface area contributed by atoms with Crippen molar-refractivity contribution in [1.29, 1.82) is 0 Å². The van der Waals surface area contributed by atoms with E-state index in [9.17, 15) is 10.2 Å². The van der Waals surface area contributed by atoms with Crippen LogP contribution in [0.15, 0.2) is 35.9 Å². The Kier molecular flexibility index (Phi) is 6.11. The zero-order valence-corrected chi connectivity index (χ0v) is 16.6. The smallest absolute Gasteiger partial charge is 0.161 e. The normalized spacial score (nSPS) is 18.1. The van der Waals surface area contributed by atoms with Crippen LogP contribution in [0.5, 0.6) is 23.0 Å². The van der Waals surface area contributed by atoms with Gasteiger partial charge >= 0.3 is 0 Å². The van der Waals surface area contributed by atoms with Gasteiger partial charge in [-0.25, -0.2) is 0 Å². The van der Waals surface area contributed by atoms with Gasteiger partial charge in [0.2, 0.25) is 0 Å². The van der Waals surface area contributed by atoms with Crippen LogP contribution in [0.3, 0.4) is 0 Å². The number of hydrogen-bond donors (Lipinski definition) is 2. The molecule has 0 bridgehead atoms. The lowest BCUT2D eigenvalue weighted by Gasteiger charge is -2.34. The highest BCUT2D eigenvalue weighted by molar-refractivity contribution is 5.68. The van der Waals surface area contributed by atoms with Gasteiger partial charge in [-0.1, -0.05) is 12.1 Å². The van der Waals surface area contributed by atoms with Crippen molar-refractivity contribution in [2.24, 2.45) is 5.92 Å². The number of methoxy groups -OCH3 is 4. The van der Waals surface area contributed by atoms with E-state index in [4.69, 9.17) is 18.9 Å². The highest BCUT2D eigenvalue weighted by atomic mass is 16.5. The molecule has 0 spiro atoms. The zero-order valence-electron chi connectivity index (χ0n) is 16.6. The fourth-order valence-electron chi connectivity index (χ4n) is 3.89. The summed E-state index contributed by atoms with van der Waals surface area (Å²) in [6.45, 7) is -0.234.